The molecule has 0 aromatic rings. The first-order valence-corrected chi connectivity index (χ1v) is 6.34. The summed E-state index contributed by atoms with van der Waals surface area (Å²) in [6, 6.07) is 0. The minimum Gasteiger partial charge on any atom is -0.390 e. The quantitative estimate of drug-likeness (QED) is 0.757. The summed E-state index contributed by atoms with van der Waals surface area (Å²) in [5.41, 5.74) is -0.138. The van der Waals surface area contributed by atoms with Gasteiger partial charge in [0.1, 0.15) is 0 Å². The van der Waals surface area contributed by atoms with Gasteiger partial charge in [0.25, 0.3) is 0 Å². The van der Waals surface area contributed by atoms with Crippen LogP contribution in [0.2, 0.25) is 0 Å². The van der Waals surface area contributed by atoms with Crippen molar-refractivity contribution < 1.29 is 9.84 Å². The number of aliphatic hydroxyl groups excluding tert-OH is 1. The molecule has 0 saturated carbocycles. The molecule has 0 rings (SSSR count). The Kier molecular flexibility index (Phi) is 5.48. The van der Waals surface area contributed by atoms with E-state index in [9.17, 15) is 5.11 Å². The molecule has 0 fully saturated rings. The van der Waals surface area contributed by atoms with E-state index in [2.05, 4.69) is 41.5 Å². The zero-order chi connectivity index (χ0) is 13.1. The van der Waals surface area contributed by atoms with Crippen LogP contribution in [-0.2, 0) is 4.74 Å². The predicted molar refractivity (Wildman–Crippen MR) is 69.5 cm³/mol. The van der Waals surface area contributed by atoms with Gasteiger partial charge in [0.2, 0.25) is 0 Å². The lowest BCUT2D eigenvalue weighted by atomic mass is 9.69. The third-order valence-electron chi connectivity index (χ3n) is 4.38. The molecule has 1 N–H and O–H groups in total. The van der Waals surface area contributed by atoms with E-state index in [0.717, 1.165) is 0 Å². The second-order valence-corrected chi connectivity index (χ2v) is 6.51. The maximum Gasteiger partial charge on any atom is 0.0796 e. The van der Waals surface area contributed by atoms with Crippen molar-refractivity contribution in [2.75, 3.05) is 6.61 Å². The van der Waals surface area contributed by atoms with Crippen LogP contribution in [0.4, 0.5) is 0 Å². The topological polar surface area (TPSA) is 29.5 Å². The number of rotatable bonds is 6. The fraction of sp³-hybridized carbons (Fsp3) is 1.00. The van der Waals surface area contributed by atoms with Crippen molar-refractivity contribution in [3.05, 3.63) is 0 Å². The highest BCUT2D eigenvalue weighted by atomic mass is 16.5. The molecule has 98 valence electrons. The lowest BCUT2D eigenvalue weighted by molar-refractivity contribution is -0.140. The molecule has 0 aliphatic heterocycles. The maximum atomic E-state index is 9.77. The maximum absolute atomic E-state index is 9.77. The van der Waals surface area contributed by atoms with Crippen molar-refractivity contribution in [1.29, 1.82) is 0 Å². The van der Waals surface area contributed by atoms with Crippen molar-refractivity contribution in [2.45, 2.75) is 67.1 Å². The fourth-order valence-corrected chi connectivity index (χ4v) is 1.37. The molecule has 2 heteroatoms. The van der Waals surface area contributed by atoms with Crippen LogP contribution in [0.3, 0.4) is 0 Å². The summed E-state index contributed by atoms with van der Waals surface area (Å²) in [6.07, 6.45) is -0.373. The van der Waals surface area contributed by atoms with Gasteiger partial charge < -0.3 is 9.84 Å². The highest BCUT2D eigenvalue weighted by Gasteiger charge is 2.40. The second kappa shape index (κ2) is 5.50. The molecule has 0 amide bonds. The molecule has 1 unspecified atom stereocenters. The lowest BCUT2D eigenvalue weighted by Crippen LogP contribution is -2.46. The van der Waals surface area contributed by atoms with Gasteiger partial charge in [-0.15, -0.1) is 0 Å². The van der Waals surface area contributed by atoms with Crippen LogP contribution in [-0.4, -0.2) is 23.4 Å². The van der Waals surface area contributed by atoms with E-state index in [4.69, 9.17) is 4.74 Å². The third-order valence-corrected chi connectivity index (χ3v) is 4.38. The van der Waals surface area contributed by atoms with E-state index in [1.54, 1.807) is 0 Å². The van der Waals surface area contributed by atoms with Crippen LogP contribution in [0.15, 0.2) is 0 Å². The summed E-state index contributed by atoms with van der Waals surface area (Å²) in [5, 5.41) is 9.77. The van der Waals surface area contributed by atoms with Crippen LogP contribution < -0.4 is 0 Å². The first-order chi connectivity index (χ1) is 7.02. The first kappa shape index (κ1) is 15.9. The van der Waals surface area contributed by atoms with E-state index in [1.165, 1.54) is 0 Å². The SMILES string of the molecule is CC(C)C(O)COC(C)(C)C(C)(C)C(C)C. The van der Waals surface area contributed by atoms with Crippen LogP contribution in [0.25, 0.3) is 0 Å². The van der Waals surface area contributed by atoms with Crippen molar-refractivity contribution >= 4 is 0 Å². The van der Waals surface area contributed by atoms with Gasteiger partial charge in [-0.05, 0) is 31.1 Å². The van der Waals surface area contributed by atoms with Crippen LogP contribution >= 0.6 is 0 Å². The monoisotopic (exact) mass is 230 g/mol. The van der Waals surface area contributed by atoms with Crippen molar-refractivity contribution in [2.24, 2.45) is 17.3 Å². The van der Waals surface area contributed by atoms with Gasteiger partial charge in [-0.2, -0.15) is 0 Å². The Hall–Kier alpha value is -0.0800. The molecular weight excluding hydrogens is 200 g/mol. The predicted octanol–water partition coefficient (Wildman–Crippen LogP) is 3.48. The van der Waals surface area contributed by atoms with Gasteiger partial charge in [-0.25, -0.2) is 0 Å². The largest absolute Gasteiger partial charge is 0.390 e. The second-order valence-electron chi connectivity index (χ2n) is 6.51. The molecule has 0 aliphatic carbocycles. The summed E-state index contributed by atoms with van der Waals surface area (Å²) in [5.74, 6) is 0.789. The fourth-order valence-electron chi connectivity index (χ4n) is 1.37. The highest BCUT2D eigenvalue weighted by Crippen LogP contribution is 2.40. The molecule has 16 heavy (non-hydrogen) atoms. The summed E-state index contributed by atoms with van der Waals surface area (Å²) in [7, 11) is 0. The minimum atomic E-state index is -0.373. The normalized spacial score (nSPS) is 15.9. The third kappa shape index (κ3) is 3.74. The number of hydrogen-bond donors (Lipinski definition) is 1. The van der Waals surface area contributed by atoms with Gasteiger partial charge in [0.05, 0.1) is 18.3 Å². The van der Waals surface area contributed by atoms with E-state index in [0.29, 0.717) is 12.5 Å². The van der Waals surface area contributed by atoms with E-state index in [1.807, 2.05) is 13.8 Å². The van der Waals surface area contributed by atoms with Gasteiger partial charge in [-0.1, -0.05) is 41.5 Å². The zero-order valence-corrected chi connectivity index (χ0v) is 12.3. The Morgan fingerprint density at radius 1 is 1.00 bits per heavy atom. The smallest absolute Gasteiger partial charge is 0.0796 e. The molecule has 0 saturated heterocycles. The van der Waals surface area contributed by atoms with Gasteiger partial charge >= 0.3 is 0 Å². The van der Waals surface area contributed by atoms with Crippen LogP contribution in [0.1, 0.15) is 55.4 Å². The molecule has 2 nitrogen and oxygen atoms in total. The lowest BCUT2D eigenvalue weighted by Gasteiger charge is -2.45. The Morgan fingerprint density at radius 3 is 1.75 bits per heavy atom. The van der Waals surface area contributed by atoms with Crippen molar-refractivity contribution in [3.8, 4) is 0 Å². The average Bonchev–Trinajstić information content (AvgIpc) is 2.13. The summed E-state index contributed by atoms with van der Waals surface area (Å²) in [4.78, 5) is 0. The Balaban J connectivity index is 4.46. The molecule has 0 radical (unpaired) electrons. The molecule has 0 bridgehead atoms. The summed E-state index contributed by atoms with van der Waals surface area (Å²) in [6.45, 7) is 17.5. The van der Waals surface area contributed by atoms with Crippen molar-refractivity contribution in [3.63, 3.8) is 0 Å². The highest BCUT2D eigenvalue weighted by molar-refractivity contribution is 4.90. The molecule has 0 aromatic heterocycles. The van der Waals surface area contributed by atoms with Crippen LogP contribution in [0.5, 0.6) is 0 Å². The van der Waals surface area contributed by atoms with E-state index in [-0.39, 0.29) is 23.0 Å². The molecule has 0 heterocycles. The molecule has 1 atom stereocenters. The Morgan fingerprint density at radius 2 is 1.44 bits per heavy atom. The Bertz CT molecular complexity index is 205. The first-order valence-electron chi connectivity index (χ1n) is 6.34. The zero-order valence-electron chi connectivity index (χ0n) is 12.3. The standard InChI is InChI=1S/C14H30O2/c1-10(2)12(15)9-16-14(7,8)13(5,6)11(3)4/h10-12,15H,9H2,1-8H3. The van der Waals surface area contributed by atoms with E-state index < -0.39 is 0 Å². The number of aliphatic hydroxyl groups is 1. The van der Waals surface area contributed by atoms with Gasteiger partial charge in [0, 0.05) is 0 Å². The molecule has 0 spiro atoms. The molecule has 0 aliphatic rings. The van der Waals surface area contributed by atoms with Crippen LogP contribution in [0, 0.1) is 17.3 Å². The van der Waals surface area contributed by atoms with E-state index >= 15 is 0 Å². The minimum absolute atomic E-state index is 0.0870. The van der Waals surface area contributed by atoms with Gasteiger partial charge in [-0.3, -0.25) is 0 Å². The molecule has 0 aromatic carbocycles. The average molecular weight is 230 g/mol. The van der Waals surface area contributed by atoms with Crippen molar-refractivity contribution in [1.82, 2.24) is 0 Å². The summed E-state index contributed by atoms with van der Waals surface area (Å²) < 4.78 is 5.93. The number of hydrogen-bond acceptors (Lipinski definition) is 2. The molecular formula is C14H30O2. The Labute approximate surface area is 101 Å². The van der Waals surface area contributed by atoms with Gasteiger partial charge in [0.15, 0.2) is 0 Å². The summed E-state index contributed by atoms with van der Waals surface area (Å²) >= 11 is 0. The number of ether oxygens (including phenoxy) is 1.